The average Bonchev–Trinajstić information content (AvgIpc) is 3.24. The van der Waals surface area contributed by atoms with Crippen LogP contribution >= 0.6 is 0 Å². The summed E-state index contributed by atoms with van der Waals surface area (Å²) in [4.78, 5) is 18.7. The summed E-state index contributed by atoms with van der Waals surface area (Å²) in [6.45, 7) is 2.13. The fraction of sp³-hybridized carbons (Fsp3) is 0.222. The van der Waals surface area contributed by atoms with Crippen LogP contribution < -0.4 is 4.90 Å². The van der Waals surface area contributed by atoms with E-state index in [2.05, 4.69) is 58.4 Å². The number of carbonyl (C=O) groups is 1. The summed E-state index contributed by atoms with van der Waals surface area (Å²) in [5.74, 6) is 0.815. The van der Waals surface area contributed by atoms with E-state index in [1.807, 2.05) is 36.5 Å². The highest BCUT2D eigenvalue weighted by molar-refractivity contribution is 6.16. The fourth-order valence-corrected chi connectivity index (χ4v) is 4.58. The number of nitrogens with one attached hydrogen (secondary N) is 1. The number of nitrogens with zero attached hydrogens (tertiary/aromatic N) is 1. The number of rotatable bonds is 5. The molecule has 1 N–H and O–H groups in total. The highest BCUT2D eigenvalue weighted by atomic mass is 16.1. The van der Waals surface area contributed by atoms with Crippen LogP contribution in [0.4, 0.5) is 5.69 Å². The molecule has 4 aromatic rings. The lowest BCUT2D eigenvalue weighted by atomic mass is 9.90. The number of hydrogen-bond donors (Lipinski definition) is 1. The average molecular weight is 395 g/mol. The van der Waals surface area contributed by atoms with Crippen molar-refractivity contribution in [1.29, 1.82) is 0 Å². The highest BCUT2D eigenvalue weighted by Crippen LogP contribution is 2.30. The van der Waals surface area contributed by atoms with Gasteiger partial charge in [-0.1, -0.05) is 60.7 Å². The van der Waals surface area contributed by atoms with Crippen molar-refractivity contribution in [2.75, 3.05) is 18.0 Å². The van der Waals surface area contributed by atoms with Gasteiger partial charge >= 0.3 is 0 Å². The van der Waals surface area contributed by atoms with Crippen molar-refractivity contribution in [2.24, 2.45) is 5.92 Å². The molecule has 1 aliphatic heterocycles. The largest absolute Gasteiger partial charge is 0.371 e. The normalized spacial score (nSPS) is 14.9. The lowest BCUT2D eigenvalue weighted by Gasteiger charge is -2.33. The van der Waals surface area contributed by atoms with E-state index >= 15 is 0 Å². The van der Waals surface area contributed by atoms with Crippen molar-refractivity contribution in [1.82, 2.24) is 4.98 Å². The molecule has 0 aliphatic carbocycles. The van der Waals surface area contributed by atoms with E-state index in [1.54, 1.807) is 0 Å². The number of ketones is 1. The minimum Gasteiger partial charge on any atom is -0.371 e. The first-order chi connectivity index (χ1) is 14.8. The topological polar surface area (TPSA) is 36.1 Å². The van der Waals surface area contributed by atoms with E-state index in [1.165, 1.54) is 30.5 Å². The Hall–Kier alpha value is -3.33. The van der Waals surface area contributed by atoms with E-state index in [-0.39, 0.29) is 5.78 Å². The number of H-pyrrole nitrogens is 1. The number of carbonyl (C=O) groups excluding carboxylic acids is 1. The zero-order chi connectivity index (χ0) is 20.3. The van der Waals surface area contributed by atoms with Crippen molar-refractivity contribution in [2.45, 2.75) is 19.3 Å². The summed E-state index contributed by atoms with van der Waals surface area (Å²) >= 11 is 0. The Bertz CT molecular complexity index is 1140. The minimum atomic E-state index is 0.0700. The maximum absolute atomic E-state index is 13.0. The first-order valence-corrected chi connectivity index (χ1v) is 10.8. The van der Waals surface area contributed by atoms with Gasteiger partial charge in [-0.25, -0.2) is 0 Å². The number of aromatic nitrogens is 1. The van der Waals surface area contributed by atoms with Crippen LogP contribution in [-0.4, -0.2) is 23.9 Å². The van der Waals surface area contributed by atoms with Crippen LogP contribution in [0.1, 0.15) is 34.3 Å². The second-order valence-electron chi connectivity index (χ2n) is 8.25. The molecule has 0 amide bonds. The Morgan fingerprint density at radius 3 is 2.33 bits per heavy atom. The number of aromatic amines is 1. The van der Waals surface area contributed by atoms with Gasteiger partial charge in [0, 0.05) is 47.0 Å². The van der Waals surface area contributed by atoms with Crippen molar-refractivity contribution < 1.29 is 4.79 Å². The van der Waals surface area contributed by atoms with Gasteiger partial charge in [0.25, 0.3) is 0 Å². The summed E-state index contributed by atoms with van der Waals surface area (Å²) in [5, 5.41) is 1.01. The number of fused-ring (bicyclic) bond motifs is 1. The molecule has 1 fully saturated rings. The molecule has 0 spiro atoms. The molecule has 3 aromatic carbocycles. The Morgan fingerprint density at radius 2 is 1.60 bits per heavy atom. The van der Waals surface area contributed by atoms with E-state index in [4.69, 9.17) is 0 Å². The zero-order valence-corrected chi connectivity index (χ0v) is 17.1. The molecule has 1 saturated heterocycles. The van der Waals surface area contributed by atoms with Crippen LogP contribution in [-0.2, 0) is 6.42 Å². The van der Waals surface area contributed by atoms with Gasteiger partial charge in [0.1, 0.15) is 0 Å². The Morgan fingerprint density at radius 1 is 0.900 bits per heavy atom. The maximum Gasteiger partial charge on any atom is 0.195 e. The van der Waals surface area contributed by atoms with Crippen LogP contribution in [0.3, 0.4) is 0 Å². The quantitative estimate of drug-likeness (QED) is 0.431. The summed E-state index contributed by atoms with van der Waals surface area (Å²) in [5.41, 5.74) is 5.13. The van der Waals surface area contributed by atoms with Crippen molar-refractivity contribution >= 4 is 22.4 Å². The van der Waals surface area contributed by atoms with Crippen LogP contribution in [0.15, 0.2) is 85.1 Å². The minimum absolute atomic E-state index is 0.0700. The van der Waals surface area contributed by atoms with Crippen molar-refractivity contribution in [3.63, 3.8) is 0 Å². The van der Waals surface area contributed by atoms with Crippen LogP contribution in [0.2, 0.25) is 0 Å². The molecule has 0 radical (unpaired) electrons. The van der Waals surface area contributed by atoms with Gasteiger partial charge in [-0.05, 0) is 48.9 Å². The molecule has 3 nitrogen and oxygen atoms in total. The lowest BCUT2D eigenvalue weighted by molar-refractivity contribution is 0.104. The standard InChI is InChI=1S/C27H26N2O/c30-27(22-9-5-2-6-10-22)25-19-28-26-12-11-23(18-24(25)26)29-15-13-21(14-16-29)17-20-7-3-1-4-8-20/h1-12,18-19,21,28H,13-17H2. The summed E-state index contributed by atoms with van der Waals surface area (Å²) in [6, 6.07) is 26.8. The molecule has 5 rings (SSSR count). The van der Waals surface area contributed by atoms with Gasteiger partial charge in [0.15, 0.2) is 5.78 Å². The third-order valence-corrected chi connectivity index (χ3v) is 6.29. The number of piperidine rings is 1. The van der Waals surface area contributed by atoms with Gasteiger partial charge in [-0.3, -0.25) is 4.79 Å². The van der Waals surface area contributed by atoms with Crippen LogP contribution in [0.5, 0.6) is 0 Å². The molecule has 1 aromatic heterocycles. The van der Waals surface area contributed by atoms with Crippen LogP contribution in [0, 0.1) is 5.92 Å². The highest BCUT2D eigenvalue weighted by Gasteiger charge is 2.21. The number of benzene rings is 3. The zero-order valence-electron chi connectivity index (χ0n) is 17.1. The van der Waals surface area contributed by atoms with Gasteiger partial charge < -0.3 is 9.88 Å². The third-order valence-electron chi connectivity index (χ3n) is 6.29. The van der Waals surface area contributed by atoms with Crippen molar-refractivity contribution in [3.05, 3.63) is 102 Å². The van der Waals surface area contributed by atoms with Gasteiger partial charge in [-0.15, -0.1) is 0 Å². The van der Waals surface area contributed by atoms with E-state index in [0.717, 1.165) is 41.0 Å². The molecule has 0 bridgehead atoms. The molecule has 0 saturated carbocycles. The number of anilines is 1. The Balaban J connectivity index is 1.33. The molecular weight excluding hydrogens is 368 g/mol. The van der Waals surface area contributed by atoms with Crippen molar-refractivity contribution in [3.8, 4) is 0 Å². The monoisotopic (exact) mass is 394 g/mol. The van der Waals surface area contributed by atoms with Gasteiger partial charge in [0.05, 0.1) is 0 Å². The lowest BCUT2D eigenvalue weighted by Crippen LogP contribution is -2.34. The maximum atomic E-state index is 13.0. The molecule has 0 unspecified atom stereocenters. The summed E-state index contributed by atoms with van der Waals surface area (Å²) < 4.78 is 0. The Kier molecular flexibility index (Phi) is 5.10. The predicted molar refractivity (Wildman–Crippen MR) is 123 cm³/mol. The Labute approximate surface area is 177 Å². The smallest absolute Gasteiger partial charge is 0.195 e. The van der Waals surface area contributed by atoms with Gasteiger partial charge in [-0.2, -0.15) is 0 Å². The first-order valence-electron chi connectivity index (χ1n) is 10.8. The molecular formula is C27H26N2O. The van der Waals surface area contributed by atoms with E-state index in [9.17, 15) is 4.79 Å². The van der Waals surface area contributed by atoms with E-state index < -0.39 is 0 Å². The first kappa shape index (κ1) is 18.7. The molecule has 2 heterocycles. The molecule has 150 valence electrons. The number of hydrogen-bond acceptors (Lipinski definition) is 2. The molecule has 30 heavy (non-hydrogen) atoms. The van der Waals surface area contributed by atoms with E-state index in [0.29, 0.717) is 0 Å². The van der Waals surface area contributed by atoms with Gasteiger partial charge in [0.2, 0.25) is 0 Å². The molecule has 1 aliphatic rings. The molecule has 3 heteroatoms. The summed E-state index contributed by atoms with van der Waals surface area (Å²) in [7, 11) is 0. The third kappa shape index (κ3) is 3.76. The van der Waals surface area contributed by atoms with Crippen LogP contribution in [0.25, 0.3) is 10.9 Å². The second-order valence-corrected chi connectivity index (χ2v) is 8.25. The molecule has 0 atom stereocenters. The predicted octanol–water partition coefficient (Wildman–Crippen LogP) is 5.86. The second kappa shape index (κ2) is 8.19. The fourth-order valence-electron chi connectivity index (χ4n) is 4.58. The SMILES string of the molecule is O=C(c1ccccc1)c1c[nH]c2ccc(N3CCC(Cc4ccccc4)CC3)cc12. The summed E-state index contributed by atoms with van der Waals surface area (Å²) in [6.07, 6.45) is 5.42.